The van der Waals surface area contributed by atoms with E-state index in [-0.39, 0.29) is 6.04 Å². The number of rotatable bonds is 3. The second kappa shape index (κ2) is 5.69. The van der Waals surface area contributed by atoms with Crippen LogP contribution in [0.2, 0.25) is 0 Å². The van der Waals surface area contributed by atoms with Gasteiger partial charge in [0.25, 0.3) is 0 Å². The maximum Gasteiger partial charge on any atom is 0.243 e. The Hall–Kier alpha value is -0.430. The smallest absolute Gasteiger partial charge is 0.243 e. The summed E-state index contributed by atoms with van der Waals surface area (Å²) in [6.07, 6.45) is 1.51. The highest BCUT2D eigenvalue weighted by Gasteiger charge is 2.29. The van der Waals surface area contributed by atoms with Gasteiger partial charge in [0, 0.05) is 30.8 Å². The van der Waals surface area contributed by atoms with Crippen molar-refractivity contribution in [2.75, 3.05) is 20.3 Å². The Morgan fingerprint density at radius 1 is 1.33 bits per heavy atom. The molecule has 1 heterocycles. The van der Waals surface area contributed by atoms with Crippen molar-refractivity contribution in [3.63, 3.8) is 0 Å². The van der Waals surface area contributed by atoms with E-state index < -0.39 is 10.0 Å². The summed E-state index contributed by atoms with van der Waals surface area (Å²) in [5.41, 5.74) is 0. The molecule has 1 fully saturated rings. The van der Waals surface area contributed by atoms with Gasteiger partial charge in [-0.3, -0.25) is 0 Å². The van der Waals surface area contributed by atoms with Crippen LogP contribution in [0.25, 0.3) is 0 Å². The van der Waals surface area contributed by atoms with E-state index in [1.54, 1.807) is 25.2 Å². The average molecular weight is 334 g/mol. The molecule has 100 valence electrons. The Morgan fingerprint density at radius 2 is 2.00 bits per heavy atom. The molecule has 4 nitrogen and oxygen atoms in total. The molecule has 18 heavy (non-hydrogen) atoms. The fourth-order valence-electron chi connectivity index (χ4n) is 2.04. The normalized spacial score (nSPS) is 18.2. The molecule has 2 rings (SSSR count). The number of nitrogens with zero attached hydrogens (tertiary/aromatic N) is 1. The van der Waals surface area contributed by atoms with Gasteiger partial charge in [0.1, 0.15) is 0 Å². The van der Waals surface area contributed by atoms with Crippen molar-refractivity contribution < 1.29 is 13.2 Å². The second-order valence-corrected chi connectivity index (χ2v) is 7.24. The molecule has 0 spiro atoms. The molecule has 6 heteroatoms. The first-order valence-corrected chi connectivity index (χ1v) is 8.06. The Labute approximate surface area is 116 Å². The van der Waals surface area contributed by atoms with Crippen LogP contribution in [-0.4, -0.2) is 39.0 Å². The van der Waals surface area contributed by atoms with Crippen molar-refractivity contribution in [3.05, 3.63) is 28.7 Å². The van der Waals surface area contributed by atoms with Gasteiger partial charge in [0.05, 0.1) is 4.90 Å². The molecule has 0 aromatic heterocycles. The van der Waals surface area contributed by atoms with Crippen LogP contribution >= 0.6 is 15.9 Å². The van der Waals surface area contributed by atoms with E-state index in [0.717, 1.165) is 17.3 Å². The zero-order valence-corrected chi connectivity index (χ0v) is 12.6. The van der Waals surface area contributed by atoms with Crippen LogP contribution < -0.4 is 0 Å². The topological polar surface area (TPSA) is 46.6 Å². The van der Waals surface area contributed by atoms with Gasteiger partial charge in [-0.2, -0.15) is 4.31 Å². The first kappa shape index (κ1) is 14.0. The lowest BCUT2D eigenvalue weighted by Gasteiger charge is -2.30. The third-order valence-corrected chi connectivity index (χ3v) is 5.58. The maximum atomic E-state index is 12.4. The molecule has 1 aliphatic heterocycles. The number of ether oxygens (including phenoxy) is 1. The Bertz CT molecular complexity index is 512. The van der Waals surface area contributed by atoms with E-state index in [2.05, 4.69) is 15.9 Å². The van der Waals surface area contributed by atoms with E-state index >= 15 is 0 Å². The van der Waals surface area contributed by atoms with E-state index in [9.17, 15) is 8.42 Å². The van der Waals surface area contributed by atoms with Crippen molar-refractivity contribution in [2.45, 2.75) is 23.8 Å². The SMILES string of the molecule is CN(C1CCOCC1)S(=O)(=O)c1cccc(Br)c1. The van der Waals surface area contributed by atoms with Crippen molar-refractivity contribution in [2.24, 2.45) is 0 Å². The van der Waals surface area contributed by atoms with Crippen molar-refractivity contribution in [1.82, 2.24) is 4.31 Å². The minimum atomic E-state index is -3.41. The maximum absolute atomic E-state index is 12.4. The van der Waals surface area contributed by atoms with E-state index in [1.807, 2.05) is 6.07 Å². The number of hydrogen-bond acceptors (Lipinski definition) is 3. The van der Waals surface area contributed by atoms with Gasteiger partial charge in [0.2, 0.25) is 10.0 Å². The lowest BCUT2D eigenvalue weighted by Crippen LogP contribution is -2.40. The zero-order valence-electron chi connectivity index (χ0n) is 10.2. The number of halogens is 1. The molecule has 0 atom stereocenters. The average Bonchev–Trinajstić information content (AvgIpc) is 2.39. The minimum absolute atomic E-state index is 0.0303. The van der Waals surface area contributed by atoms with E-state index in [4.69, 9.17) is 4.74 Å². The van der Waals surface area contributed by atoms with Gasteiger partial charge < -0.3 is 4.74 Å². The largest absolute Gasteiger partial charge is 0.381 e. The summed E-state index contributed by atoms with van der Waals surface area (Å²) in [6.45, 7) is 1.26. The second-order valence-electron chi connectivity index (χ2n) is 4.32. The Kier molecular flexibility index (Phi) is 4.42. The van der Waals surface area contributed by atoms with Crippen molar-refractivity contribution >= 4 is 26.0 Å². The van der Waals surface area contributed by atoms with E-state index in [1.165, 1.54) is 4.31 Å². The van der Waals surface area contributed by atoms with Gasteiger partial charge in [0.15, 0.2) is 0 Å². The quantitative estimate of drug-likeness (QED) is 0.852. The fraction of sp³-hybridized carbons (Fsp3) is 0.500. The minimum Gasteiger partial charge on any atom is -0.381 e. The molecule has 0 aliphatic carbocycles. The molecular formula is C12H16BrNO3S. The molecule has 0 unspecified atom stereocenters. The molecule has 1 aliphatic rings. The van der Waals surface area contributed by atoms with Crippen LogP contribution in [0.4, 0.5) is 0 Å². The molecule has 0 bridgehead atoms. The molecule has 0 amide bonds. The Morgan fingerprint density at radius 3 is 2.61 bits per heavy atom. The molecule has 1 aromatic carbocycles. The number of benzene rings is 1. The molecule has 0 N–H and O–H groups in total. The summed E-state index contributed by atoms with van der Waals surface area (Å²) in [7, 11) is -1.77. The number of hydrogen-bond donors (Lipinski definition) is 0. The highest BCUT2D eigenvalue weighted by Crippen LogP contribution is 2.23. The number of sulfonamides is 1. The van der Waals surface area contributed by atoms with Crippen LogP contribution in [0.1, 0.15) is 12.8 Å². The first-order valence-electron chi connectivity index (χ1n) is 5.83. The van der Waals surface area contributed by atoms with Crippen LogP contribution in [0, 0.1) is 0 Å². The molecule has 1 aromatic rings. The first-order chi connectivity index (χ1) is 8.51. The Balaban J connectivity index is 2.24. The third-order valence-electron chi connectivity index (χ3n) is 3.18. The fourth-order valence-corrected chi connectivity index (χ4v) is 4.05. The van der Waals surface area contributed by atoms with Gasteiger partial charge in [-0.05, 0) is 31.0 Å². The third kappa shape index (κ3) is 2.93. The predicted octanol–water partition coefficient (Wildman–Crippen LogP) is 2.25. The van der Waals surface area contributed by atoms with Gasteiger partial charge in [-0.15, -0.1) is 0 Å². The monoisotopic (exact) mass is 333 g/mol. The van der Waals surface area contributed by atoms with Crippen LogP contribution in [-0.2, 0) is 14.8 Å². The van der Waals surface area contributed by atoms with E-state index in [0.29, 0.717) is 18.1 Å². The van der Waals surface area contributed by atoms with Gasteiger partial charge >= 0.3 is 0 Å². The van der Waals surface area contributed by atoms with Crippen LogP contribution in [0.5, 0.6) is 0 Å². The van der Waals surface area contributed by atoms with Gasteiger partial charge in [-0.1, -0.05) is 22.0 Å². The standard InChI is InChI=1S/C12H16BrNO3S/c1-14(11-5-7-17-8-6-11)18(15,16)12-4-2-3-10(13)9-12/h2-4,9,11H,5-8H2,1H3. The van der Waals surface area contributed by atoms with Crippen LogP contribution in [0.3, 0.4) is 0 Å². The summed E-state index contributed by atoms with van der Waals surface area (Å²) in [5.74, 6) is 0. The van der Waals surface area contributed by atoms with Crippen LogP contribution in [0.15, 0.2) is 33.6 Å². The molecular weight excluding hydrogens is 318 g/mol. The summed E-state index contributed by atoms with van der Waals surface area (Å²) in [6, 6.07) is 6.83. The zero-order chi connectivity index (χ0) is 13.2. The molecule has 0 radical (unpaired) electrons. The predicted molar refractivity (Wildman–Crippen MR) is 72.9 cm³/mol. The lowest BCUT2D eigenvalue weighted by atomic mass is 10.1. The summed E-state index contributed by atoms with van der Waals surface area (Å²) in [4.78, 5) is 0.325. The van der Waals surface area contributed by atoms with Crippen molar-refractivity contribution in [1.29, 1.82) is 0 Å². The molecule has 1 saturated heterocycles. The summed E-state index contributed by atoms with van der Waals surface area (Å²) >= 11 is 3.30. The highest BCUT2D eigenvalue weighted by atomic mass is 79.9. The lowest BCUT2D eigenvalue weighted by molar-refractivity contribution is 0.0632. The summed E-state index contributed by atoms with van der Waals surface area (Å²) < 4.78 is 32.4. The van der Waals surface area contributed by atoms with Crippen molar-refractivity contribution in [3.8, 4) is 0 Å². The summed E-state index contributed by atoms with van der Waals surface area (Å²) in [5, 5.41) is 0. The van der Waals surface area contributed by atoms with Gasteiger partial charge in [-0.25, -0.2) is 8.42 Å². The molecule has 0 saturated carbocycles. The highest BCUT2D eigenvalue weighted by molar-refractivity contribution is 9.10.